The molecule has 1 aromatic carbocycles. The van der Waals surface area contributed by atoms with E-state index >= 15 is 0 Å². The van der Waals surface area contributed by atoms with Crippen LogP contribution in [0.3, 0.4) is 0 Å². The molecular weight excluding hydrogens is 182 g/mol. The highest BCUT2D eigenvalue weighted by atomic mass is 14.5. The molecule has 15 heavy (non-hydrogen) atoms. The molecule has 82 valence electrons. The van der Waals surface area contributed by atoms with Crippen molar-refractivity contribution >= 4 is 0 Å². The molecule has 0 fully saturated rings. The van der Waals surface area contributed by atoms with E-state index in [-0.39, 0.29) is 0 Å². The molecule has 0 saturated carbocycles. The van der Waals surface area contributed by atoms with Crippen LogP contribution in [0.4, 0.5) is 0 Å². The van der Waals surface area contributed by atoms with Crippen molar-refractivity contribution in [2.75, 3.05) is 6.54 Å². The number of hydrogen-bond acceptors (Lipinski definition) is 1. The Balaban J connectivity index is 2.28. The number of aryl methyl sites for hydroxylation is 2. The Labute approximate surface area is 92.7 Å². The molecule has 2 rings (SSSR count). The molecule has 1 aliphatic carbocycles. The van der Waals surface area contributed by atoms with E-state index in [1.165, 1.54) is 24.8 Å². The van der Waals surface area contributed by atoms with E-state index < -0.39 is 0 Å². The van der Waals surface area contributed by atoms with Crippen molar-refractivity contribution in [1.29, 1.82) is 0 Å². The number of hydrogen-bond donors (Lipinski definition) is 1. The zero-order valence-electron chi connectivity index (χ0n) is 9.63. The van der Waals surface area contributed by atoms with Gasteiger partial charge in [-0.25, -0.2) is 0 Å². The molecule has 0 heterocycles. The number of benzene rings is 1. The van der Waals surface area contributed by atoms with E-state index in [4.69, 9.17) is 5.73 Å². The van der Waals surface area contributed by atoms with Crippen LogP contribution in [0, 0.1) is 0 Å². The lowest BCUT2D eigenvalue weighted by Crippen LogP contribution is -2.14. The van der Waals surface area contributed by atoms with Gasteiger partial charge < -0.3 is 5.73 Å². The molecule has 1 unspecified atom stereocenters. The van der Waals surface area contributed by atoms with Gasteiger partial charge in [0.15, 0.2) is 0 Å². The second kappa shape index (κ2) is 4.80. The van der Waals surface area contributed by atoms with Gasteiger partial charge >= 0.3 is 0 Å². The quantitative estimate of drug-likeness (QED) is 0.803. The normalized spacial score (nSPS) is 20.0. The zero-order chi connectivity index (χ0) is 10.7. The van der Waals surface area contributed by atoms with Gasteiger partial charge in [-0.05, 0) is 61.3 Å². The molecule has 0 spiro atoms. The van der Waals surface area contributed by atoms with Gasteiger partial charge in [0, 0.05) is 0 Å². The summed E-state index contributed by atoms with van der Waals surface area (Å²) in [5.41, 5.74) is 10.3. The lowest BCUT2D eigenvalue weighted by Gasteiger charge is -2.25. The summed E-state index contributed by atoms with van der Waals surface area (Å²) in [6, 6.07) is 7.03. The standard InChI is InChI=1S/C14H21N/c1-2-11-6-7-14-12(8-9-15)4-3-5-13(14)10-11/h6-7,10,12H,2-5,8-9,15H2,1H3. The predicted octanol–water partition coefficient (Wildman–Crippen LogP) is 3.02. The third kappa shape index (κ3) is 2.23. The van der Waals surface area contributed by atoms with E-state index in [2.05, 4.69) is 25.1 Å². The van der Waals surface area contributed by atoms with Crippen molar-refractivity contribution in [1.82, 2.24) is 0 Å². The lowest BCUT2D eigenvalue weighted by molar-refractivity contribution is 0.525. The maximum absolute atomic E-state index is 5.67. The Morgan fingerprint density at radius 3 is 3.00 bits per heavy atom. The summed E-state index contributed by atoms with van der Waals surface area (Å²) >= 11 is 0. The minimum absolute atomic E-state index is 0.727. The maximum Gasteiger partial charge on any atom is -0.00714 e. The second-order valence-corrected chi connectivity index (χ2v) is 4.55. The highest BCUT2D eigenvalue weighted by molar-refractivity contribution is 5.36. The molecule has 1 aromatic rings. The van der Waals surface area contributed by atoms with Gasteiger partial charge in [-0.3, -0.25) is 0 Å². The third-order valence-electron chi connectivity index (χ3n) is 3.57. The second-order valence-electron chi connectivity index (χ2n) is 4.55. The van der Waals surface area contributed by atoms with Crippen molar-refractivity contribution in [3.63, 3.8) is 0 Å². The molecule has 0 saturated heterocycles. The third-order valence-corrected chi connectivity index (χ3v) is 3.57. The molecule has 0 amide bonds. The zero-order valence-corrected chi connectivity index (χ0v) is 9.63. The van der Waals surface area contributed by atoms with E-state index in [0.29, 0.717) is 0 Å². The van der Waals surface area contributed by atoms with Crippen LogP contribution in [-0.2, 0) is 12.8 Å². The van der Waals surface area contributed by atoms with Gasteiger partial charge in [0.25, 0.3) is 0 Å². The Morgan fingerprint density at radius 2 is 2.27 bits per heavy atom. The molecule has 0 radical (unpaired) electrons. The topological polar surface area (TPSA) is 26.0 Å². The fraction of sp³-hybridized carbons (Fsp3) is 0.571. The van der Waals surface area contributed by atoms with Crippen molar-refractivity contribution < 1.29 is 0 Å². The maximum atomic E-state index is 5.67. The number of fused-ring (bicyclic) bond motifs is 1. The molecule has 1 nitrogen and oxygen atoms in total. The van der Waals surface area contributed by atoms with E-state index in [0.717, 1.165) is 25.3 Å². The summed E-state index contributed by atoms with van der Waals surface area (Å²) in [6.45, 7) is 3.04. The smallest absolute Gasteiger partial charge is 0.00714 e. The van der Waals surface area contributed by atoms with Crippen LogP contribution in [0.1, 0.15) is 48.8 Å². The molecular formula is C14H21N. The summed E-state index contributed by atoms with van der Waals surface area (Å²) in [4.78, 5) is 0. The summed E-state index contributed by atoms with van der Waals surface area (Å²) < 4.78 is 0. The van der Waals surface area contributed by atoms with Crippen LogP contribution >= 0.6 is 0 Å². The lowest BCUT2D eigenvalue weighted by atomic mass is 9.80. The number of nitrogens with two attached hydrogens (primary N) is 1. The fourth-order valence-electron chi connectivity index (χ4n) is 2.69. The molecule has 0 bridgehead atoms. The van der Waals surface area contributed by atoms with Crippen LogP contribution in [0.25, 0.3) is 0 Å². The molecule has 0 aromatic heterocycles. The van der Waals surface area contributed by atoms with Crippen molar-refractivity contribution in [3.05, 3.63) is 34.9 Å². The minimum Gasteiger partial charge on any atom is -0.330 e. The van der Waals surface area contributed by atoms with Gasteiger partial charge in [-0.2, -0.15) is 0 Å². The van der Waals surface area contributed by atoms with E-state index in [1.54, 1.807) is 11.1 Å². The summed E-state index contributed by atoms with van der Waals surface area (Å²) in [5.74, 6) is 0.727. The van der Waals surface area contributed by atoms with Crippen molar-refractivity contribution in [2.45, 2.75) is 44.9 Å². The van der Waals surface area contributed by atoms with Crippen LogP contribution < -0.4 is 5.73 Å². The van der Waals surface area contributed by atoms with Gasteiger partial charge in [-0.1, -0.05) is 25.1 Å². The Kier molecular flexibility index (Phi) is 3.42. The fourth-order valence-corrected chi connectivity index (χ4v) is 2.69. The van der Waals surface area contributed by atoms with Gasteiger partial charge in [0.2, 0.25) is 0 Å². The first kappa shape index (κ1) is 10.7. The highest BCUT2D eigenvalue weighted by Crippen LogP contribution is 2.34. The van der Waals surface area contributed by atoms with E-state index in [1.807, 2.05) is 0 Å². The Hall–Kier alpha value is -0.820. The summed E-state index contributed by atoms with van der Waals surface area (Å²) in [7, 11) is 0. The van der Waals surface area contributed by atoms with Gasteiger partial charge in [-0.15, -0.1) is 0 Å². The van der Waals surface area contributed by atoms with Crippen LogP contribution in [0.5, 0.6) is 0 Å². The number of rotatable bonds is 3. The Bertz CT molecular complexity index is 330. The Morgan fingerprint density at radius 1 is 1.40 bits per heavy atom. The minimum atomic E-state index is 0.727. The molecule has 1 atom stereocenters. The molecule has 0 aliphatic heterocycles. The van der Waals surface area contributed by atoms with Crippen molar-refractivity contribution in [2.24, 2.45) is 5.73 Å². The van der Waals surface area contributed by atoms with E-state index in [9.17, 15) is 0 Å². The molecule has 1 aliphatic rings. The summed E-state index contributed by atoms with van der Waals surface area (Å²) in [5, 5.41) is 0. The van der Waals surface area contributed by atoms with Crippen LogP contribution in [-0.4, -0.2) is 6.54 Å². The SMILES string of the molecule is CCc1ccc2c(c1)CCCC2CCN. The monoisotopic (exact) mass is 203 g/mol. The van der Waals surface area contributed by atoms with Gasteiger partial charge in [0.1, 0.15) is 0 Å². The van der Waals surface area contributed by atoms with Crippen LogP contribution in [0.2, 0.25) is 0 Å². The average Bonchev–Trinajstić information content (AvgIpc) is 2.29. The van der Waals surface area contributed by atoms with Crippen LogP contribution in [0.15, 0.2) is 18.2 Å². The molecule has 2 N–H and O–H groups in total. The van der Waals surface area contributed by atoms with Crippen molar-refractivity contribution in [3.8, 4) is 0 Å². The van der Waals surface area contributed by atoms with Gasteiger partial charge in [0.05, 0.1) is 0 Å². The molecule has 1 heteroatoms. The predicted molar refractivity (Wildman–Crippen MR) is 65.2 cm³/mol. The largest absolute Gasteiger partial charge is 0.330 e. The highest BCUT2D eigenvalue weighted by Gasteiger charge is 2.19. The summed E-state index contributed by atoms with van der Waals surface area (Å²) in [6.07, 6.45) is 6.23. The average molecular weight is 203 g/mol. The first-order chi connectivity index (χ1) is 7.35. The first-order valence-electron chi connectivity index (χ1n) is 6.17. The first-order valence-corrected chi connectivity index (χ1v) is 6.17.